The fraction of sp³-hybridized carbons (Fsp3) is 0.217. The summed E-state index contributed by atoms with van der Waals surface area (Å²) in [5.74, 6) is -0.343. The lowest BCUT2D eigenvalue weighted by atomic mass is 9.92. The third-order valence-electron chi connectivity index (χ3n) is 5.37. The highest BCUT2D eigenvalue weighted by Gasteiger charge is 2.49. The second-order valence-electron chi connectivity index (χ2n) is 7.61. The minimum Gasteiger partial charge on any atom is -0.497 e. The number of imide groups is 1. The fourth-order valence-corrected chi connectivity index (χ4v) is 3.73. The van der Waals surface area contributed by atoms with Crippen LogP contribution >= 0.6 is 0 Å². The van der Waals surface area contributed by atoms with Gasteiger partial charge in [-0.1, -0.05) is 18.2 Å². The Bertz CT molecular complexity index is 1190. The van der Waals surface area contributed by atoms with Crippen molar-refractivity contribution in [3.63, 3.8) is 0 Å². The van der Waals surface area contributed by atoms with Crippen molar-refractivity contribution in [3.8, 4) is 5.75 Å². The van der Waals surface area contributed by atoms with Gasteiger partial charge in [0.2, 0.25) is 5.91 Å². The van der Waals surface area contributed by atoms with Gasteiger partial charge in [-0.2, -0.15) is 0 Å². The molecule has 158 valence electrons. The summed E-state index contributed by atoms with van der Waals surface area (Å²) in [6, 6.07) is 13.7. The quantitative estimate of drug-likeness (QED) is 0.621. The van der Waals surface area contributed by atoms with Crippen LogP contribution in [0.15, 0.2) is 54.7 Å². The van der Waals surface area contributed by atoms with Crippen LogP contribution in [0.25, 0.3) is 10.9 Å². The number of hydrogen-bond acceptors (Lipinski definition) is 5. The molecule has 1 fully saturated rings. The fourth-order valence-electron chi connectivity index (χ4n) is 3.73. The number of hydrogen-bond donors (Lipinski definition) is 2. The SMILES string of the molecule is COc1ccc([C@]2(C)NC(=O)N(CC(=O)Nc3cc(C)cc4cccnc34)C2=O)cc1. The number of urea groups is 1. The van der Waals surface area contributed by atoms with Gasteiger partial charge in [0.15, 0.2) is 0 Å². The van der Waals surface area contributed by atoms with E-state index in [1.165, 1.54) is 0 Å². The van der Waals surface area contributed by atoms with E-state index in [9.17, 15) is 14.4 Å². The Kier molecular flexibility index (Phi) is 5.06. The van der Waals surface area contributed by atoms with Gasteiger partial charge in [0.1, 0.15) is 17.8 Å². The van der Waals surface area contributed by atoms with Crippen LogP contribution in [0.2, 0.25) is 0 Å². The number of carbonyl (C=O) groups is 3. The van der Waals surface area contributed by atoms with Gasteiger partial charge < -0.3 is 15.4 Å². The summed E-state index contributed by atoms with van der Waals surface area (Å²) >= 11 is 0. The Balaban J connectivity index is 1.54. The van der Waals surface area contributed by atoms with Crippen LogP contribution in [-0.2, 0) is 15.1 Å². The van der Waals surface area contributed by atoms with Crippen molar-refractivity contribution < 1.29 is 19.1 Å². The molecule has 8 nitrogen and oxygen atoms in total. The van der Waals surface area contributed by atoms with Gasteiger partial charge in [-0.15, -0.1) is 0 Å². The molecule has 0 radical (unpaired) electrons. The highest BCUT2D eigenvalue weighted by molar-refractivity contribution is 6.11. The summed E-state index contributed by atoms with van der Waals surface area (Å²) in [7, 11) is 1.55. The van der Waals surface area contributed by atoms with Crippen molar-refractivity contribution in [3.05, 3.63) is 65.9 Å². The second kappa shape index (κ2) is 7.71. The molecule has 8 heteroatoms. The highest BCUT2D eigenvalue weighted by Crippen LogP contribution is 2.30. The van der Waals surface area contributed by atoms with Crippen LogP contribution in [-0.4, -0.2) is 41.4 Å². The van der Waals surface area contributed by atoms with Crippen LogP contribution in [0.4, 0.5) is 10.5 Å². The Hall–Kier alpha value is -3.94. The normalized spacial score (nSPS) is 18.2. The molecule has 3 aromatic rings. The molecule has 0 saturated carbocycles. The first-order valence-corrected chi connectivity index (χ1v) is 9.75. The summed E-state index contributed by atoms with van der Waals surface area (Å²) < 4.78 is 5.14. The zero-order valence-electron chi connectivity index (χ0n) is 17.4. The number of ether oxygens (including phenoxy) is 1. The number of amides is 4. The van der Waals surface area contributed by atoms with Gasteiger partial charge in [0, 0.05) is 11.6 Å². The maximum absolute atomic E-state index is 13.1. The van der Waals surface area contributed by atoms with Crippen LogP contribution < -0.4 is 15.4 Å². The second-order valence-corrected chi connectivity index (χ2v) is 7.61. The van der Waals surface area contributed by atoms with Gasteiger partial charge in [0.05, 0.1) is 18.3 Å². The van der Waals surface area contributed by atoms with Crippen molar-refractivity contribution in [1.29, 1.82) is 0 Å². The molecular weight excluding hydrogens is 396 g/mol. The molecular formula is C23H22N4O4. The van der Waals surface area contributed by atoms with E-state index in [4.69, 9.17) is 4.74 Å². The van der Waals surface area contributed by atoms with Crippen molar-refractivity contribution >= 4 is 34.4 Å². The van der Waals surface area contributed by atoms with Crippen LogP contribution in [0.3, 0.4) is 0 Å². The lowest BCUT2D eigenvalue weighted by molar-refractivity contribution is -0.133. The minimum atomic E-state index is -1.26. The molecule has 4 rings (SSSR count). The van der Waals surface area contributed by atoms with Crippen LogP contribution in [0, 0.1) is 6.92 Å². The Morgan fingerprint density at radius 2 is 1.94 bits per heavy atom. The Morgan fingerprint density at radius 3 is 2.65 bits per heavy atom. The number of benzene rings is 2. The van der Waals surface area contributed by atoms with E-state index in [0.717, 1.165) is 15.8 Å². The number of nitrogens with one attached hydrogen (secondary N) is 2. The summed E-state index contributed by atoms with van der Waals surface area (Å²) in [5.41, 5.74) is 1.47. The Morgan fingerprint density at radius 1 is 1.19 bits per heavy atom. The predicted octanol–water partition coefficient (Wildman–Crippen LogP) is 2.96. The molecule has 2 N–H and O–H groups in total. The van der Waals surface area contributed by atoms with Crippen LogP contribution in [0.5, 0.6) is 5.75 Å². The van der Waals surface area contributed by atoms with Gasteiger partial charge in [0.25, 0.3) is 5.91 Å². The van der Waals surface area contributed by atoms with Crippen molar-refractivity contribution in [2.75, 3.05) is 19.0 Å². The predicted molar refractivity (Wildman–Crippen MR) is 116 cm³/mol. The van der Waals surface area contributed by atoms with E-state index in [-0.39, 0.29) is 0 Å². The third-order valence-corrected chi connectivity index (χ3v) is 5.37. The number of fused-ring (bicyclic) bond motifs is 1. The first kappa shape index (κ1) is 20.3. The van der Waals surface area contributed by atoms with Gasteiger partial charge in [-0.3, -0.25) is 19.5 Å². The van der Waals surface area contributed by atoms with E-state index < -0.39 is 29.9 Å². The molecule has 1 atom stereocenters. The van der Waals surface area contributed by atoms with E-state index >= 15 is 0 Å². The summed E-state index contributed by atoms with van der Waals surface area (Å²) in [4.78, 5) is 43.6. The number of nitrogens with zero attached hydrogens (tertiary/aromatic N) is 2. The molecule has 0 bridgehead atoms. The van der Waals surface area contributed by atoms with E-state index in [1.54, 1.807) is 50.6 Å². The minimum absolute atomic E-state index is 0.404. The van der Waals surface area contributed by atoms with Gasteiger partial charge >= 0.3 is 6.03 Å². The summed E-state index contributed by atoms with van der Waals surface area (Å²) in [6.45, 7) is 3.13. The maximum Gasteiger partial charge on any atom is 0.325 e. The first-order valence-electron chi connectivity index (χ1n) is 9.75. The third kappa shape index (κ3) is 3.68. The smallest absolute Gasteiger partial charge is 0.325 e. The average molecular weight is 418 g/mol. The monoisotopic (exact) mass is 418 g/mol. The number of anilines is 1. The van der Waals surface area contributed by atoms with E-state index in [0.29, 0.717) is 22.5 Å². The van der Waals surface area contributed by atoms with Gasteiger partial charge in [-0.05, 0) is 55.3 Å². The van der Waals surface area contributed by atoms with Crippen molar-refractivity contribution in [2.45, 2.75) is 19.4 Å². The van der Waals surface area contributed by atoms with Crippen molar-refractivity contribution in [2.24, 2.45) is 0 Å². The molecule has 0 spiro atoms. The molecule has 0 unspecified atom stereocenters. The molecule has 4 amide bonds. The molecule has 2 heterocycles. The van der Waals surface area contributed by atoms with E-state index in [1.807, 2.05) is 25.1 Å². The molecule has 0 aliphatic carbocycles. The van der Waals surface area contributed by atoms with E-state index in [2.05, 4.69) is 15.6 Å². The molecule has 1 aromatic heterocycles. The topological polar surface area (TPSA) is 101 Å². The lowest BCUT2D eigenvalue weighted by Gasteiger charge is -2.22. The average Bonchev–Trinajstić information content (AvgIpc) is 2.97. The standard InChI is InChI=1S/C23H22N4O4/c1-14-11-15-5-4-10-24-20(15)18(12-14)25-19(28)13-27-21(29)23(2,26-22(27)30)16-6-8-17(31-3)9-7-16/h4-12H,13H2,1-3H3,(H,25,28)(H,26,30)/t23-/m0/s1. The maximum atomic E-state index is 13.1. The summed E-state index contributed by atoms with van der Waals surface area (Å²) in [5, 5.41) is 6.37. The van der Waals surface area contributed by atoms with Crippen LogP contribution in [0.1, 0.15) is 18.1 Å². The number of rotatable bonds is 5. The zero-order valence-corrected chi connectivity index (χ0v) is 17.4. The molecule has 2 aromatic carbocycles. The zero-order chi connectivity index (χ0) is 22.2. The number of aryl methyl sites for hydroxylation is 1. The molecule has 31 heavy (non-hydrogen) atoms. The highest BCUT2D eigenvalue weighted by atomic mass is 16.5. The molecule has 1 aliphatic rings. The number of pyridine rings is 1. The lowest BCUT2D eigenvalue weighted by Crippen LogP contribution is -2.42. The van der Waals surface area contributed by atoms with Crippen molar-refractivity contribution in [1.82, 2.24) is 15.2 Å². The number of aromatic nitrogens is 1. The van der Waals surface area contributed by atoms with Gasteiger partial charge in [-0.25, -0.2) is 4.79 Å². The largest absolute Gasteiger partial charge is 0.497 e. The summed E-state index contributed by atoms with van der Waals surface area (Å²) in [6.07, 6.45) is 1.64. The Labute approximate surface area is 179 Å². The first-order chi connectivity index (χ1) is 14.8. The number of carbonyl (C=O) groups excluding carboxylic acids is 3. The molecule has 1 saturated heterocycles. The molecule has 1 aliphatic heterocycles. The number of methoxy groups -OCH3 is 1.